The minimum absolute atomic E-state index is 0.106. The van der Waals surface area contributed by atoms with E-state index in [0.717, 1.165) is 16.9 Å². The summed E-state index contributed by atoms with van der Waals surface area (Å²) in [5, 5.41) is 5.87. The second kappa shape index (κ2) is 7.38. The van der Waals surface area contributed by atoms with Gasteiger partial charge >= 0.3 is 0 Å². The number of hydrogen-bond acceptors (Lipinski definition) is 7. The molecule has 0 bridgehead atoms. The van der Waals surface area contributed by atoms with Crippen LogP contribution in [-0.2, 0) is 0 Å². The first kappa shape index (κ1) is 18.3. The first-order valence-electron chi connectivity index (χ1n) is 7.70. The molecule has 2 amide bonds. The molecule has 6 N–H and O–H groups in total. The number of amides is 2. The van der Waals surface area contributed by atoms with E-state index in [1.807, 2.05) is 6.92 Å². The fourth-order valence-corrected chi connectivity index (χ4v) is 3.07. The minimum atomic E-state index is -0.807. The monoisotopic (exact) mass is 386 g/mol. The maximum Gasteiger partial charge on any atom is 0.270 e. The average molecular weight is 386 g/mol. The summed E-state index contributed by atoms with van der Waals surface area (Å²) in [6, 6.07) is 7.57. The van der Waals surface area contributed by atoms with Gasteiger partial charge in [0.2, 0.25) is 5.95 Å². The van der Waals surface area contributed by atoms with Crippen molar-refractivity contribution in [1.29, 1.82) is 0 Å². The number of thiazole rings is 1. The van der Waals surface area contributed by atoms with Crippen LogP contribution in [0.3, 0.4) is 0 Å². The summed E-state index contributed by atoms with van der Waals surface area (Å²) in [5.41, 5.74) is 13.1. The van der Waals surface area contributed by atoms with Crippen molar-refractivity contribution in [2.75, 3.05) is 16.4 Å². The van der Waals surface area contributed by atoms with Gasteiger partial charge in [-0.05, 0) is 30.7 Å². The summed E-state index contributed by atoms with van der Waals surface area (Å²) in [6.07, 6.45) is 1.28. The van der Waals surface area contributed by atoms with Crippen LogP contribution in [0.15, 0.2) is 36.5 Å². The Bertz CT molecular complexity index is 1040. The molecule has 2 aromatic heterocycles. The van der Waals surface area contributed by atoms with Crippen molar-refractivity contribution >= 4 is 44.7 Å². The number of rotatable bonds is 5. The van der Waals surface area contributed by atoms with E-state index < -0.39 is 17.8 Å². The molecule has 0 saturated carbocycles. The zero-order valence-electron chi connectivity index (χ0n) is 14.1. The Morgan fingerprint density at radius 2 is 2.00 bits per heavy atom. The predicted octanol–water partition coefficient (Wildman–Crippen LogP) is 2.66. The zero-order chi connectivity index (χ0) is 19.6. The number of hydrogen-bond donors (Lipinski definition) is 4. The van der Waals surface area contributed by atoms with Gasteiger partial charge in [-0.25, -0.2) is 9.97 Å². The third kappa shape index (κ3) is 4.18. The second-order valence-electron chi connectivity index (χ2n) is 5.58. The molecule has 3 rings (SSSR count). The Balaban J connectivity index is 1.85. The van der Waals surface area contributed by atoms with E-state index in [-0.39, 0.29) is 15.8 Å². The number of carbonyl (C=O) groups is 2. The standard InChI is InChI=1S/C17H15FN6O2S/c1-8-2-3-9(6-11(8)19)15(26)24-16-13(14(20)25)23-17(27-16)22-10-4-5-21-12(18)7-10/h2-7H,19H2,1H3,(H2,20,25)(H,24,26)(H,21,22,23). The number of aryl methyl sites for hydroxylation is 1. The van der Waals surface area contributed by atoms with Gasteiger partial charge < -0.3 is 22.1 Å². The van der Waals surface area contributed by atoms with E-state index in [1.165, 1.54) is 24.4 Å². The summed E-state index contributed by atoms with van der Waals surface area (Å²) in [6.45, 7) is 1.82. The van der Waals surface area contributed by atoms with Crippen LogP contribution in [0.1, 0.15) is 26.4 Å². The lowest BCUT2D eigenvalue weighted by atomic mass is 10.1. The number of primary amides is 1. The van der Waals surface area contributed by atoms with Gasteiger partial charge in [0.1, 0.15) is 5.00 Å². The van der Waals surface area contributed by atoms with Crippen LogP contribution in [-0.4, -0.2) is 21.8 Å². The molecule has 3 aromatic rings. The van der Waals surface area contributed by atoms with E-state index in [2.05, 4.69) is 20.6 Å². The van der Waals surface area contributed by atoms with Gasteiger partial charge in [0, 0.05) is 29.2 Å². The number of anilines is 4. The lowest BCUT2D eigenvalue weighted by molar-refractivity contribution is 0.0997. The molecular weight excluding hydrogens is 371 g/mol. The van der Waals surface area contributed by atoms with Crippen molar-refractivity contribution in [3.63, 3.8) is 0 Å². The number of nitrogens with zero attached hydrogens (tertiary/aromatic N) is 2. The van der Waals surface area contributed by atoms with Gasteiger partial charge in [0.15, 0.2) is 10.8 Å². The van der Waals surface area contributed by atoms with Crippen molar-refractivity contribution in [1.82, 2.24) is 9.97 Å². The van der Waals surface area contributed by atoms with Crippen LogP contribution < -0.4 is 22.1 Å². The highest BCUT2D eigenvalue weighted by Gasteiger charge is 2.19. The summed E-state index contributed by atoms with van der Waals surface area (Å²) in [7, 11) is 0. The molecule has 27 heavy (non-hydrogen) atoms. The third-order valence-corrected chi connectivity index (χ3v) is 4.49. The number of carbonyl (C=O) groups excluding carboxylic acids is 2. The van der Waals surface area contributed by atoms with Crippen molar-refractivity contribution in [2.24, 2.45) is 5.73 Å². The number of halogens is 1. The molecule has 0 radical (unpaired) electrons. The normalized spacial score (nSPS) is 10.4. The molecule has 138 valence electrons. The molecule has 1 aromatic carbocycles. The van der Waals surface area contributed by atoms with Crippen LogP contribution in [0.5, 0.6) is 0 Å². The lowest BCUT2D eigenvalue weighted by Crippen LogP contribution is -2.17. The number of nitrogens with one attached hydrogen (secondary N) is 2. The quantitative estimate of drug-likeness (QED) is 0.393. The highest BCUT2D eigenvalue weighted by atomic mass is 32.1. The number of pyridine rings is 1. The van der Waals surface area contributed by atoms with E-state index in [4.69, 9.17) is 11.5 Å². The summed E-state index contributed by atoms with van der Waals surface area (Å²) in [5.74, 6) is -1.94. The summed E-state index contributed by atoms with van der Waals surface area (Å²) >= 11 is 0.990. The number of nitrogens with two attached hydrogens (primary N) is 2. The van der Waals surface area contributed by atoms with E-state index in [1.54, 1.807) is 12.1 Å². The van der Waals surface area contributed by atoms with Crippen LogP contribution in [0.4, 0.5) is 25.9 Å². The number of nitrogen functional groups attached to an aromatic ring is 1. The Hall–Kier alpha value is -3.53. The maximum atomic E-state index is 13.2. The molecule has 0 atom stereocenters. The SMILES string of the molecule is Cc1ccc(C(=O)Nc2sc(Nc3ccnc(F)c3)nc2C(N)=O)cc1N. The molecule has 8 nitrogen and oxygen atoms in total. The van der Waals surface area contributed by atoms with Gasteiger partial charge in [0.25, 0.3) is 11.8 Å². The molecule has 0 aliphatic rings. The topological polar surface area (TPSA) is 136 Å². The fraction of sp³-hybridized carbons (Fsp3) is 0.0588. The van der Waals surface area contributed by atoms with Crippen molar-refractivity contribution in [3.8, 4) is 0 Å². The molecule has 2 heterocycles. The molecule has 0 spiro atoms. The molecule has 0 aliphatic heterocycles. The highest BCUT2D eigenvalue weighted by molar-refractivity contribution is 7.20. The molecular formula is C17H15FN6O2S. The number of aromatic nitrogens is 2. The summed E-state index contributed by atoms with van der Waals surface area (Å²) in [4.78, 5) is 31.6. The molecule has 0 unspecified atom stereocenters. The average Bonchev–Trinajstić information content (AvgIpc) is 2.99. The fourth-order valence-electron chi connectivity index (χ4n) is 2.19. The van der Waals surface area contributed by atoms with Gasteiger partial charge in [-0.3, -0.25) is 9.59 Å². The highest BCUT2D eigenvalue weighted by Crippen LogP contribution is 2.31. The van der Waals surface area contributed by atoms with Gasteiger partial charge in [-0.15, -0.1) is 0 Å². The maximum absolute atomic E-state index is 13.2. The smallest absolute Gasteiger partial charge is 0.270 e. The van der Waals surface area contributed by atoms with E-state index in [0.29, 0.717) is 16.9 Å². The van der Waals surface area contributed by atoms with Crippen LogP contribution in [0, 0.1) is 12.9 Å². The Labute approximate surface area is 157 Å². The largest absolute Gasteiger partial charge is 0.398 e. The Kier molecular flexibility index (Phi) is 4.99. The van der Waals surface area contributed by atoms with E-state index >= 15 is 0 Å². The Morgan fingerprint density at radius 3 is 2.67 bits per heavy atom. The lowest BCUT2D eigenvalue weighted by Gasteiger charge is -2.06. The molecule has 0 fully saturated rings. The first-order chi connectivity index (χ1) is 12.8. The van der Waals surface area contributed by atoms with Crippen LogP contribution in [0.2, 0.25) is 0 Å². The van der Waals surface area contributed by atoms with Gasteiger partial charge in [-0.2, -0.15) is 4.39 Å². The third-order valence-electron chi connectivity index (χ3n) is 3.61. The minimum Gasteiger partial charge on any atom is -0.398 e. The molecule has 10 heteroatoms. The van der Waals surface area contributed by atoms with E-state index in [9.17, 15) is 14.0 Å². The van der Waals surface area contributed by atoms with Crippen molar-refractivity contribution in [3.05, 3.63) is 59.3 Å². The second-order valence-corrected chi connectivity index (χ2v) is 6.58. The predicted molar refractivity (Wildman–Crippen MR) is 102 cm³/mol. The van der Waals surface area contributed by atoms with Crippen molar-refractivity contribution < 1.29 is 14.0 Å². The van der Waals surface area contributed by atoms with Crippen LogP contribution in [0.25, 0.3) is 0 Å². The molecule has 0 aliphatic carbocycles. The van der Waals surface area contributed by atoms with Crippen LogP contribution >= 0.6 is 11.3 Å². The zero-order valence-corrected chi connectivity index (χ0v) is 14.9. The van der Waals surface area contributed by atoms with Gasteiger partial charge in [0.05, 0.1) is 0 Å². The Morgan fingerprint density at radius 1 is 1.22 bits per heavy atom. The van der Waals surface area contributed by atoms with Crippen molar-refractivity contribution in [2.45, 2.75) is 6.92 Å². The van der Waals surface area contributed by atoms with Gasteiger partial charge in [-0.1, -0.05) is 17.4 Å². The first-order valence-corrected chi connectivity index (χ1v) is 8.52. The summed E-state index contributed by atoms with van der Waals surface area (Å²) < 4.78 is 13.2. The molecule has 0 saturated heterocycles. The number of benzene rings is 1.